The van der Waals surface area contributed by atoms with Crippen LogP contribution in [0.4, 0.5) is 21.5 Å². The smallest absolute Gasteiger partial charge is 0.257 e. The van der Waals surface area contributed by atoms with Crippen molar-refractivity contribution in [3.8, 4) is 0 Å². The van der Waals surface area contributed by atoms with Crippen LogP contribution in [0, 0.1) is 5.82 Å². The average molecular weight is 376 g/mol. The minimum absolute atomic E-state index is 0.322. The molecule has 1 heterocycles. The number of hydrogen-bond donors (Lipinski definition) is 2. The number of nitrogens with zero attached hydrogens (tertiary/aromatic N) is 1. The molecule has 1 aromatic heterocycles. The van der Waals surface area contributed by atoms with Gasteiger partial charge in [-0.3, -0.25) is 9.78 Å². The molecule has 0 fully saturated rings. The lowest BCUT2D eigenvalue weighted by Crippen LogP contribution is -2.12. The quantitative estimate of drug-likeness (QED) is 0.630. The summed E-state index contributed by atoms with van der Waals surface area (Å²) in [5.41, 5.74) is 1.94. The van der Waals surface area contributed by atoms with Crippen molar-refractivity contribution in [3.05, 3.63) is 82.4 Å². The highest BCUT2D eigenvalue weighted by atomic mass is 35.5. The fraction of sp³-hybridized carbons (Fsp3) is 0. The molecule has 25 heavy (non-hydrogen) atoms. The number of amides is 1. The molecule has 0 unspecified atom stereocenters. The normalized spacial score (nSPS) is 10.4. The van der Waals surface area contributed by atoms with Crippen LogP contribution in [0.5, 0.6) is 0 Å². The SMILES string of the molecule is O=C(Nc1cccc(F)c1)c1cncc(Nc2cc(Cl)cc(Cl)c2)c1. The second-order valence-electron chi connectivity index (χ2n) is 5.21. The molecule has 2 aromatic carbocycles. The maximum absolute atomic E-state index is 13.2. The van der Waals surface area contributed by atoms with E-state index in [0.717, 1.165) is 0 Å². The van der Waals surface area contributed by atoms with Gasteiger partial charge in [0, 0.05) is 27.6 Å². The molecule has 0 aliphatic heterocycles. The summed E-state index contributed by atoms with van der Waals surface area (Å²) in [7, 11) is 0. The zero-order valence-electron chi connectivity index (χ0n) is 12.8. The number of hydrogen-bond acceptors (Lipinski definition) is 3. The molecule has 0 spiro atoms. The number of pyridine rings is 1. The van der Waals surface area contributed by atoms with Crippen molar-refractivity contribution in [1.29, 1.82) is 0 Å². The van der Waals surface area contributed by atoms with Crippen molar-refractivity contribution in [3.63, 3.8) is 0 Å². The minimum atomic E-state index is -0.427. The molecule has 0 saturated heterocycles. The van der Waals surface area contributed by atoms with E-state index in [9.17, 15) is 9.18 Å². The van der Waals surface area contributed by atoms with E-state index in [1.54, 1.807) is 36.5 Å². The number of rotatable bonds is 4. The first-order valence-electron chi connectivity index (χ1n) is 7.25. The maximum Gasteiger partial charge on any atom is 0.257 e. The van der Waals surface area contributed by atoms with Gasteiger partial charge in [0.15, 0.2) is 0 Å². The first-order chi connectivity index (χ1) is 12.0. The van der Waals surface area contributed by atoms with Crippen molar-refractivity contribution < 1.29 is 9.18 Å². The Kier molecular flexibility index (Phi) is 5.16. The largest absolute Gasteiger partial charge is 0.354 e. The van der Waals surface area contributed by atoms with Crippen LogP contribution in [-0.4, -0.2) is 10.9 Å². The van der Waals surface area contributed by atoms with Crippen LogP contribution in [0.25, 0.3) is 0 Å². The van der Waals surface area contributed by atoms with Gasteiger partial charge in [-0.2, -0.15) is 0 Å². The van der Waals surface area contributed by atoms with Crippen molar-refractivity contribution in [2.75, 3.05) is 10.6 Å². The Morgan fingerprint density at radius 3 is 2.40 bits per heavy atom. The van der Waals surface area contributed by atoms with E-state index in [2.05, 4.69) is 15.6 Å². The molecule has 3 aromatic rings. The molecule has 0 aliphatic carbocycles. The van der Waals surface area contributed by atoms with E-state index in [1.165, 1.54) is 24.4 Å². The lowest BCUT2D eigenvalue weighted by atomic mass is 10.2. The molecule has 0 bridgehead atoms. The molecule has 0 radical (unpaired) electrons. The lowest BCUT2D eigenvalue weighted by Gasteiger charge is -2.09. The van der Waals surface area contributed by atoms with E-state index in [0.29, 0.717) is 32.7 Å². The molecule has 3 rings (SSSR count). The summed E-state index contributed by atoms with van der Waals surface area (Å²) in [5, 5.41) is 6.68. The van der Waals surface area contributed by atoms with Gasteiger partial charge in [-0.05, 0) is 42.5 Å². The molecule has 7 heteroatoms. The van der Waals surface area contributed by atoms with Crippen molar-refractivity contribution >= 4 is 46.2 Å². The molecule has 4 nitrogen and oxygen atoms in total. The van der Waals surface area contributed by atoms with Crippen molar-refractivity contribution in [2.24, 2.45) is 0 Å². The Balaban J connectivity index is 1.77. The Labute approximate surface area is 153 Å². The van der Waals surface area contributed by atoms with Crippen LogP contribution in [0.3, 0.4) is 0 Å². The fourth-order valence-electron chi connectivity index (χ4n) is 2.19. The zero-order chi connectivity index (χ0) is 17.8. The second-order valence-corrected chi connectivity index (χ2v) is 6.08. The van der Waals surface area contributed by atoms with Crippen LogP contribution < -0.4 is 10.6 Å². The molecule has 126 valence electrons. The summed E-state index contributed by atoms with van der Waals surface area (Å²) < 4.78 is 13.2. The van der Waals surface area contributed by atoms with E-state index >= 15 is 0 Å². The predicted octanol–water partition coefficient (Wildman–Crippen LogP) is 5.52. The third-order valence-electron chi connectivity index (χ3n) is 3.23. The van der Waals surface area contributed by atoms with Gasteiger partial charge in [0.25, 0.3) is 5.91 Å². The van der Waals surface area contributed by atoms with Crippen LogP contribution in [0.2, 0.25) is 10.0 Å². The molecular weight excluding hydrogens is 364 g/mol. The average Bonchev–Trinajstić information content (AvgIpc) is 2.54. The summed E-state index contributed by atoms with van der Waals surface area (Å²) in [6.07, 6.45) is 2.98. The van der Waals surface area contributed by atoms with E-state index < -0.39 is 11.7 Å². The minimum Gasteiger partial charge on any atom is -0.354 e. The van der Waals surface area contributed by atoms with Gasteiger partial charge in [0.2, 0.25) is 0 Å². The highest BCUT2D eigenvalue weighted by Gasteiger charge is 2.09. The van der Waals surface area contributed by atoms with Crippen molar-refractivity contribution in [1.82, 2.24) is 4.98 Å². The summed E-state index contributed by atoms with van der Waals surface area (Å²) in [4.78, 5) is 16.3. The fourth-order valence-corrected chi connectivity index (χ4v) is 2.72. The van der Waals surface area contributed by atoms with Crippen LogP contribution in [0.15, 0.2) is 60.9 Å². The van der Waals surface area contributed by atoms with Gasteiger partial charge in [-0.1, -0.05) is 29.3 Å². The Hall–Kier alpha value is -2.63. The number of benzene rings is 2. The Morgan fingerprint density at radius 2 is 1.68 bits per heavy atom. The van der Waals surface area contributed by atoms with Gasteiger partial charge in [0.1, 0.15) is 5.82 Å². The molecule has 0 aliphatic rings. The highest BCUT2D eigenvalue weighted by Crippen LogP contribution is 2.25. The van der Waals surface area contributed by atoms with Gasteiger partial charge < -0.3 is 10.6 Å². The predicted molar refractivity (Wildman–Crippen MR) is 98.3 cm³/mol. The first kappa shape index (κ1) is 17.2. The Bertz CT molecular complexity index is 913. The number of aromatic nitrogens is 1. The third kappa shape index (κ3) is 4.68. The maximum atomic E-state index is 13.2. The second kappa shape index (κ2) is 7.51. The highest BCUT2D eigenvalue weighted by molar-refractivity contribution is 6.35. The van der Waals surface area contributed by atoms with Crippen LogP contribution in [-0.2, 0) is 0 Å². The number of nitrogens with one attached hydrogen (secondary N) is 2. The number of carbonyl (C=O) groups is 1. The number of anilines is 3. The third-order valence-corrected chi connectivity index (χ3v) is 3.67. The summed E-state index contributed by atoms with van der Waals surface area (Å²) >= 11 is 11.9. The molecular formula is C18H12Cl2FN3O. The number of carbonyl (C=O) groups excluding carboxylic acids is 1. The summed E-state index contributed by atoms with van der Waals surface area (Å²) in [6.45, 7) is 0. The van der Waals surface area contributed by atoms with Gasteiger partial charge in [-0.15, -0.1) is 0 Å². The van der Waals surface area contributed by atoms with Gasteiger partial charge >= 0.3 is 0 Å². The molecule has 0 atom stereocenters. The number of halogens is 3. The van der Waals surface area contributed by atoms with E-state index in [-0.39, 0.29) is 0 Å². The first-order valence-corrected chi connectivity index (χ1v) is 8.00. The summed E-state index contributed by atoms with van der Waals surface area (Å²) in [6, 6.07) is 12.3. The molecule has 1 amide bonds. The Morgan fingerprint density at radius 1 is 0.920 bits per heavy atom. The monoisotopic (exact) mass is 375 g/mol. The lowest BCUT2D eigenvalue weighted by molar-refractivity contribution is 0.102. The topological polar surface area (TPSA) is 54.0 Å². The van der Waals surface area contributed by atoms with Crippen LogP contribution in [0.1, 0.15) is 10.4 Å². The van der Waals surface area contributed by atoms with Crippen molar-refractivity contribution in [2.45, 2.75) is 0 Å². The molecule has 2 N–H and O–H groups in total. The van der Waals surface area contributed by atoms with Gasteiger partial charge in [-0.25, -0.2) is 4.39 Å². The van der Waals surface area contributed by atoms with E-state index in [1.807, 2.05) is 0 Å². The standard InChI is InChI=1S/C18H12Cl2FN3O/c19-12-5-13(20)7-16(6-12)23-17-4-11(9-22-10-17)18(25)24-15-3-1-2-14(21)8-15/h1-10,23H,(H,24,25). The van der Waals surface area contributed by atoms with Gasteiger partial charge in [0.05, 0.1) is 17.4 Å². The van der Waals surface area contributed by atoms with Crippen LogP contribution >= 0.6 is 23.2 Å². The zero-order valence-corrected chi connectivity index (χ0v) is 14.3. The summed E-state index contributed by atoms with van der Waals surface area (Å²) in [5.74, 6) is -0.824. The molecule has 0 saturated carbocycles. The van der Waals surface area contributed by atoms with E-state index in [4.69, 9.17) is 23.2 Å².